The number of hydrogen-bond acceptors (Lipinski definition) is 3. The van der Waals surface area contributed by atoms with Crippen LogP contribution in [0.2, 0.25) is 0 Å². The third-order valence-electron chi connectivity index (χ3n) is 2.76. The number of ether oxygens (including phenoxy) is 2. The first-order valence-electron chi connectivity index (χ1n) is 6.01. The van der Waals surface area contributed by atoms with Gasteiger partial charge in [0.2, 0.25) is 0 Å². The van der Waals surface area contributed by atoms with Crippen LogP contribution in [0.15, 0.2) is 0 Å². The maximum Gasteiger partial charge on any atom is 0.302 e. The second kappa shape index (κ2) is 6.83. The van der Waals surface area contributed by atoms with E-state index in [2.05, 4.69) is 6.92 Å². The van der Waals surface area contributed by atoms with Gasteiger partial charge in [-0.25, -0.2) is 0 Å². The van der Waals surface area contributed by atoms with E-state index in [1.165, 1.54) is 32.6 Å². The number of carbonyl (C=O) groups excluding carboxylic acids is 1. The normalized spacial score (nSPS) is 25.5. The van der Waals surface area contributed by atoms with Gasteiger partial charge in [0.05, 0.1) is 12.7 Å². The summed E-state index contributed by atoms with van der Waals surface area (Å²) >= 11 is 0. The van der Waals surface area contributed by atoms with Gasteiger partial charge in [-0.05, 0) is 6.42 Å². The molecular formula is C12H22O3. The van der Waals surface area contributed by atoms with Crippen LogP contribution in [0.4, 0.5) is 0 Å². The number of carbonyl (C=O) groups is 1. The van der Waals surface area contributed by atoms with Crippen molar-refractivity contribution in [3.05, 3.63) is 0 Å². The van der Waals surface area contributed by atoms with E-state index in [0.717, 1.165) is 12.8 Å². The minimum Gasteiger partial charge on any atom is -0.460 e. The van der Waals surface area contributed by atoms with Crippen molar-refractivity contribution in [1.29, 1.82) is 0 Å². The average Bonchev–Trinajstić information content (AvgIpc) is 2.59. The second-order valence-electron chi connectivity index (χ2n) is 4.27. The Labute approximate surface area is 92.1 Å². The van der Waals surface area contributed by atoms with Gasteiger partial charge in [0.25, 0.3) is 0 Å². The quantitative estimate of drug-likeness (QED) is 0.503. The summed E-state index contributed by atoms with van der Waals surface area (Å²) in [5.74, 6) is -0.199. The van der Waals surface area contributed by atoms with E-state index in [9.17, 15) is 4.79 Å². The minimum absolute atomic E-state index is 0.00123. The van der Waals surface area contributed by atoms with Crippen molar-refractivity contribution in [2.75, 3.05) is 6.61 Å². The molecule has 0 spiro atoms. The van der Waals surface area contributed by atoms with E-state index in [1.807, 2.05) is 0 Å². The van der Waals surface area contributed by atoms with Crippen LogP contribution in [0.3, 0.4) is 0 Å². The molecule has 1 fully saturated rings. The Hall–Kier alpha value is -0.570. The van der Waals surface area contributed by atoms with Gasteiger partial charge in [-0.1, -0.05) is 32.6 Å². The maximum atomic E-state index is 10.7. The van der Waals surface area contributed by atoms with Crippen molar-refractivity contribution < 1.29 is 14.3 Å². The molecule has 88 valence electrons. The molecule has 15 heavy (non-hydrogen) atoms. The molecule has 0 saturated carbocycles. The summed E-state index contributed by atoms with van der Waals surface area (Å²) in [5, 5.41) is 0. The van der Waals surface area contributed by atoms with Gasteiger partial charge in [0.15, 0.2) is 0 Å². The van der Waals surface area contributed by atoms with Crippen LogP contribution in [-0.2, 0) is 14.3 Å². The van der Waals surface area contributed by atoms with Crippen molar-refractivity contribution in [1.82, 2.24) is 0 Å². The Bertz CT molecular complexity index is 191. The van der Waals surface area contributed by atoms with Crippen LogP contribution in [0.5, 0.6) is 0 Å². The van der Waals surface area contributed by atoms with Crippen LogP contribution in [0.25, 0.3) is 0 Å². The van der Waals surface area contributed by atoms with Gasteiger partial charge in [-0.15, -0.1) is 0 Å². The van der Waals surface area contributed by atoms with Gasteiger partial charge in [-0.3, -0.25) is 4.79 Å². The average molecular weight is 214 g/mol. The van der Waals surface area contributed by atoms with Crippen LogP contribution >= 0.6 is 0 Å². The monoisotopic (exact) mass is 214 g/mol. The van der Waals surface area contributed by atoms with Crippen molar-refractivity contribution >= 4 is 5.97 Å². The lowest BCUT2D eigenvalue weighted by atomic mass is 10.1. The first kappa shape index (κ1) is 12.5. The Kier molecular flexibility index (Phi) is 5.69. The summed E-state index contributed by atoms with van der Waals surface area (Å²) in [5.41, 5.74) is 0. The first-order valence-corrected chi connectivity index (χ1v) is 6.01. The minimum atomic E-state index is -0.199. The Morgan fingerprint density at radius 3 is 2.87 bits per heavy atom. The van der Waals surface area contributed by atoms with Crippen LogP contribution < -0.4 is 0 Å². The third-order valence-corrected chi connectivity index (χ3v) is 2.76. The molecule has 3 nitrogen and oxygen atoms in total. The molecule has 1 heterocycles. The van der Waals surface area contributed by atoms with Crippen molar-refractivity contribution in [2.45, 2.75) is 64.6 Å². The van der Waals surface area contributed by atoms with Crippen molar-refractivity contribution in [2.24, 2.45) is 0 Å². The van der Waals surface area contributed by atoms with E-state index in [1.54, 1.807) is 0 Å². The van der Waals surface area contributed by atoms with Gasteiger partial charge >= 0.3 is 5.97 Å². The lowest BCUT2D eigenvalue weighted by molar-refractivity contribution is -0.146. The second-order valence-corrected chi connectivity index (χ2v) is 4.27. The van der Waals surface area contributed by atoms with Gasteiger partial charge in [-0.2, -0.15) is 0 Å². The zero-order valence-corrected chi connectivity index (χ0v) is 9.83. The molecule has 1 aliphatic heterocycles. The number of unbranched alkanes of at least 4 members (excludes halogenated alkanes) is 3. The van der Waals surface area contributed by atoms with Crippen LogP contribution in [0, 0.1) is 0 Å². The molecule has 1 saturated heterocycles. The molecule has 1 rings (SSSR count). The van der Waals surface area contributed by atoms with Crippen molar-refractivity contribution in [3.8, 4) is 0 Å². The standard InChI is InChI=1S/C12H22O3/c1-3-4-5-6-7-11-8-12(9-14-11)15-10(2)13/h11-12H,3-9H2,1-2H3/t11-,12+/m1/s1. The highest BCUT2D eigenvalue weighted by Crippen LogP contribution is 2.21. The highest BCUT2D eigenvalue weighted by molar-refractivity contribution is 5.66. The fourth-order valence-electron chi connectivity index (χ4n) is 1.99. The Balaban J connectivity index is 2.05. The Morgan fingerprint density at radius 2 is 2.20 bits per heavy atom. The van der Waals surface area contributed by atoms with Gasteiger partial charge in [0, 0.05) is 13.3 Å². The number of esters is 1. The molecule has 2 atom stereocenters. The molecule has 3 heteroatoms. The first-order chi connectivity index (χ1) is 7.22. The molecule has 0 N–H and O–H groups in total. The highest BCUT2D eigenvalue weighted by Gasteiger charge is 2.26. The SMILES string of the molecule is CCCCCC[C@@H]1C[C@H](OC(C)=O)CO1. The molecular weight excluding hydrogens is 192 g/mol. The van der Waals surface area contributed by atoms with E-state index < -0.39 is 0 Å². The molecule has 0 aromatic rings. The largest absolute Gasteiger partial charge is 0.460 e. The molecule has 0 radical (unpaired) electrons. The fraction of sp³-hybridized carbons (Fsp3) is 0.917. The lowest BCUT2D eigenvalue weighted by Gasteiger charge is -2.09. The van der Waals surface area contributed by atoms with E-state index >= 15 is 0 Å². The highest BCUT2D eigenvalue weighted by atomic mass is 16.6. The van der Waals surface area contributed by atoms with Gasteiger partial charge in [0.1, 0.15) is 6.10 Å². The fourth-order valence-corrected chi connectivity index (χ4v) is 1.99. The molecule has 0 aromatic heterocycles. The summed E-state index contributed by atoms with van der Waals surface area (Å²) in [7, 11) is 0. The topological polar surface area (TPSA) is 35.5 Å². The molecule has 0 unspecified atom stereocenters. The summed E-state index contributed by atoms with van der Waals surface area (Å²) < 4.78 is 10.7. The lowest BCUT2D eigenvalue weighted by Crippen LogP contribution is -2.16. The molecule has 0 amide bonds. The van der Waals surface area contributed by atoms with E-state index in [4.69, 9.17) is 9.47 Å². The molecule has 0 aromatic carbocycles. The molecule has 0 bridgehead atoms. The predicted molar refractivity (Wildman–Crippen MR) is 58.7 cm³/mol. The molecule has 1 aliphatic rings. The van der Waals surface area contributed by atoms with Crippen LogP contribution in [-0.4, -0.2) is 24.8 Å². The Morgan fingerprint density at radius 1 is 1.40 bits per heavy atom. The van der Waals surface area contributed by atoms with Crippen molar-refractivity contribution in [3.63, 3.8) is 0 Å². The maximum absolute atomic E-state index is 10.7. The zero-order valence-electron chi connectivity index (χ0n) is 9.83. The smallest absolute Gasteiger partial charge is 0.302 e. The summed E-state index contributed by atoms with van der Waals surface area (Å²) in [6, 6.07) is 0. The summed E-state index contributed by atoms with van der Waals surface area (Å²) in [4.78, 5) is 10.7. The third kappa shape index (κ3) is 5.17. The number of rotatable bonds is 6. The van der Waals surface area contributed by atoms with Crippen LogP contribution in [0.1, 0.15) is 52.4 Å². The predicted octanol–water partition coefficient (Wildman–Crippen LogP) is 2.68. The molecule has 0 aliphatic carbocycles. The summed E-state index contributed by atoms with van der Waals surface area (Å²) in [6.45, 7) is 4.25. The number of hydrogen-bond donors (Lipinski definition) is 0. The summed E-state index contributed by atoms with van der Waals surface area (Å²) in [6.07, 6.45) is 7.38. The zero-order chi connectivity index (χ0) is 11.1. The van der Waals surface area contributed by atoms with Gasteiger partial charge < -0.3 is 9.47 Å². The van der Waals surface area contributed by atoms with E-state index in [-0.39, 0.29) is 12.1 Å². The van der Waals surface area contributed by atoms with E-state index in [0.29, 0.717) is 12.7 Å².